The Bertz CT molecular complexity index is 960. The summed E-state index contributed by atoms with van der Waals surface area (Å²) in [5.41, 5.74) is 3.72. The number of nitrogens with zero attached hydrogens (tertiary/aromatic N) is 2. The molecule has 0 spiro atoms. The molecule has 3 aromatic rings. The number of carbonyl (C=O) groups is 1. The molecule has 0 atom stereocenters. The van der Waals surface area contributed by atoms with E-state index < -0.39 is 0 Å². The molecular formula is C17H11N3OS2. The van der Waals surface area contributed by atoms with Crippen molar-refractivity contribution in [1.29, 1.82) is 0 Å². The van der Waals surface area contributed by atoms with Gasteiger partial charge in [0.15, 0.2) is 0 Å². The van der Waals surface area contributed by atoms with Crippen molar-refractivity contribution in [2.75, 3.05) is 0 Å². The van der Waals surface area contributed by atoms with Crippen molar-refractivity contribution >= 4 is 45.8 Å². The van der Waals surface area contributed by atoms with Gasteiger partial charge in [0.1, 0.15) is 10.0 Å². The van der Waals surface area contributed by atoms with Gasteiger partial charge in [0, 0.05) is 17.3 Å². The third-order valence-corrected chi connectivity index (χ3v) is 4.71. The van der Waals surface area contributed by atoms with Gasteiger partial charge in [-0.3, -0.25) is 4.79 Å². The number of carbonyl (C=O) groups excluding carboxylic acids is 1. The minimum absolute atomic E-state index is 0.158. The summed E-state index contributed by atoms with van der Waals surface area (Å²) < 4.78 is 2.31. The van der Waals surface area contributed by atoms with Crippen LogP contribution in [-0.2, 0) is 4.79 Å². The quantitative estimate of drug-likeness (QED) is 0.574. The van der Waals surface area contributed by atoms with Crippen molar-refractivity contribution in [3.05, 3.63) is 65.2 Å². The molecule has 1 aliphatic rings. The van der Waals surface area contributed by atoms with Crippen LogP contribution in [0.25, 0.3) is 22.9 Å². The van der Waals surface area contributed by atoms with Gasteiger partial charge in [-0.25, -0.2) is 4.52 Å². The summed E-state index contributed by atoms with van der Waals surface area (Å²) in [5, 5.41) is 7.31. The van der Waals surface area contributed by atoms with Gasteiger partial charge in [0.05, 0.1) is 10.4 Å². The monoisotopic (exact) mass is 337 g/mol. The van der Waals surface area contributed by atoms with Crippen LogP contribution in [0.3, 0.4) is 0 Å². The summed E-state index contributed by atoms with van der Waals surface area (Å²) in [6, 6.07) is 15.8. The lowest BCUT2D eigenvalue weighted by molar-refractivity contribution is -0.115. The molecule has 1 fully saturated rings. The van der Waals surface area contributed by atoms with Gasteiger partial charge in [0.25, 0.3) is 5.91 Å². The van der Waals surface area contributed by atoms with E-state index in [1.165, 1.54) is 11.8 Å². The van der Waals surface area contributed by atoms with E-state index in [-0.39, 0.29) is 5.91 Å². The fourth-order valence-electron chi connectivity index (χ4n) is 2.52. The fourth-order valence-corrected chi connectivity index (χ4v) is 3.55. The average molecular weight is 337 g/mol. The SMILES string of the molecule is O=C1NC(=S)SC1=Cc1c(-c2ccccc2)nn2ccccc12. The second-order valence-corrected chi connectivity index (χ2v) is 6.73. The predicted octanol–water partition coefficient (Wildman–Crippen LogP) is 3.49. The molecule has 1 aliphatic heterocycles. The number of amides is 1. The van der Waals surface area contributed by atoms with Crippen LogP contribution in [0.2, 0.25) is 0 Å². The largest absolute Gasteiger partial charge is 0.307 e. The number of pyridine rings is 1. The Balaban J connectivity index is 1.95. The molecule has 0 radical (unpaired) electrons. The Morgan fingerprint density at radius 1 is 1.13 bits per heavy atom. The molecular weight excluding hydrogens is 326 g/mol. The van der Waals surface area contributed by atoms with Crippen molar-refractivity contribution in [3.8, 4) is 11.3 Å². The minimum atomic E-state index is -0.158. The maximum Gasteiger partial charge on any atom is 0.263 e. The molecule has 1 N–H and O–H groups in total. The van der Waals surface area contributed by atoms with Crippen LogP contribution >= 0.6 is 24.0 Å². The third-order valence-electron chi connectivity index (χ3n) is 3.54. The highest BCUT2D eigenvalue weighted by atomic mass is 32.2. The highest BCUT2D eigenvalue weighted by Gasteiger charge is 2.23. The number of benzene rings is 1. The molecule has 112 valence electrons. The zero-order chi connectivity index (χ0) is 15.8. The van der Waals surface area contributed by atoms with Crippen LogP contribution in [0.4, 0.5) is 0 Å². The summed E-state index contributed by atoms with van der Waals surface area (Å²) in [6.45, 7) is 0. The van der Waals surface area contributed by atoms with Gasteiger partial charge in [0.2, 0.25) is 0 Å². The van der Waals surface area contributed by atoms with Crippen LogP contribution in [0.1, 0.15) is 5.56 Å². The van der Waals surface area contributed by atoms with E-state index in [0.717, 1.165) is 22.3 Å². The first-order chi connectivity index (χ1) is 11.2. The van der Waals surface area contributed by atoms with E-state index in [1.807, 2.05) is 65.3 Å². The van der Waals surface area contributed by atoms with Crippen molar-refractivity contribution in [1.82, 2.24) is 14.9 Å². The number of nitrogens with one attached hydrogen (secondary N) is 1. The highest BCUT2D eigenvalue weighted by molar-refractivity contribution is 8.26. The van der Waals surface area contributed by atoms with Crippen LogP contribution in [0, 0.1) is 0 Å². The molecule has 3 heterocycles. The first kappa shape index (κ1) is 14.2. The van der Waals surface area contributed by atoms with Gasteiger partial charge >= 0.3 is 0 Å². The predicted molar refractivity (Wildman–Crippen MR) is 96.9 cm³/mol. The second kappa shape index (κ2) is 5.64. The Morgan fingerprint density at radius 2 is 1.91 bits per heavy atom. The lowest BCUT2D eigenvalue weighted by Gasteiger charge is -1.99. The van der Waals surface area contributed by atoms with Crippen LogP contribution in [0.5, 0.6) is 0 Å². The first-order valence-corrected chi connectivity index (χ1v) is 8.22. The molecule has 23 heavy (non-hydrogen) atoms. The standard InChI is InChI=1S/C17H11N3OS2/c21-16-14(23-17(22)18-16)10-12-13-8-4-5-9-20(13)19-15(12)11-6-2-1-3-7-11/h1-10H,(H,18,21,22). The molecule has 2 aromatic heterocycles. The van der Waals surface area contributed by atoms with E-state index >= 15 is 0 Å². The smallest absolute Gasteiger partial charge is 0.263 e. The Kier molecular flexibility index (Phi) is 3.48. The Morgan fingerprint density at radius 3 is 2.65 bits per heavy atom. The lowest BCUT2D eigenvalue weighted by Crippen LogP contribution is -2.17. The summed E-state index contributed by atoms with van der Waals surface area (Å²) in [4.78, 5) is 12.6. The number of thiocarbonyl (C=S) groups is 1. The summed E-state index contributed by atoms with van der Waals surface area (Å²) in [5.74, 6) is -0.158. The summed E-state index contributed by atoms with van der Waals surface area (Å²) in [7, 11) is 0. The minimum Gasteiger partial charge on any atom is -0.307 e. The molecule has 1 aromatic carbocycles. The van der Waals surface area contributed by atoms with E-state index in [0.29, 0.717) is 9.23 Å². The molecule has 4 nitrogen and oxygen atoms in total. The van der Waals surface area contributed by atoms with E-state index in [2.05, 4.69) is 10.4 Å². The average Bonchev–Trinajstić information content (AvgIpc) is 3.09. The Hall–Kier alpha value is -2.44. The van der Waals surface area contributed by atoms with Crippen molar-refractivity contribution in [2.24, 2.45) is 0 Å². The molecule has 4 rings (SSSR count). The van der Waals surface area contributed by atoms with Gasteiger partial charge < -0.3 is 5.32 Å². The number of thioether (sulfide) groups is 1. The Labute approximate surface area is 142 Å². The molecule has 0 unspecified atom stereocenters. The van der Waals surface area contributed by atoms with Crippen molar-refractivity contribution < 1.29 is 4.79 Å². The number of aromatic nitrogens is 2. The normalized spacial score (nSPS) is 16.3. The topological polar surface area (TPSA) is 46.4 Å². The summed E-state index contributed by atoms with van der Waals surface area (Å²) >= 11 is 6.34. The third kappa shape index (κ3) is 2.56. The number of fused-ring (bicyclic) bond motifs is 1. The molecule has 0 bridgehead atoms. The maximum atomic E-state index is 12.0. The molecule has 0 aliphatic carbocycles. The molecule has 1 amide bonds. The van der Waals surface area contributed by atoms with E-state index in [9.17, 15) is 4.79 Å². The summed E-state index contributed by atoms with van der Waals surface area (Å²) in [6.07, 6.45) is 3.76. The van der Waals surface area contributed by atoms with Crippen LogP contribution < -0.4 is 5.32 Å². The van der Waals surface area contributed by atoms with Gasteiger partial charge in [-0.1, -0.05) is 60.4 Å². The number of hydrogen-bond donors (Lipinski definition) is 1. The zero-order valence-corrected chi connectivity index (χ0v) is 13.5. The molecule has 6 heteroatoms. The second-order valence-electron chi connectivity index (χ2n) is 5.01. The van der Waals surface area contributed by atoms with Crippen molar-refractivity contribution in [3.63, 3.8) is 0 Å². The maximum absolute atomic E-state index is 12.0. The number of rotatable bonds is 2. The van der Waals surface area contributed by atoms with Gasteiger partial charge in [-0.15, -0.1) is 0 Å². The molecule has 0 saturated carbocycles. The zero-order valence-electron chi connectivity index (χ0n) is 11.9. The van der Waals surface area contributed by atoms with Gasteiger partial charge in [-0.2, -0.15) is 5.10 Å². The van der Waals surface area contributed by atoms with E-state index in [4.69, 9.17) is 12.2 Å². The number of hydrogen-bond acceptors (Lipinski definition) is 4. The van der Waals surface area contributed by atoms with E-state index in [1.54, 1.807) is 0 Å². The van der Waals surface area contributed by atoms with Crippen LogP contribution in [0.15, 0.2) is 59.6 Å². The van der Waals surface area contributed by atoms with Crippen molar-refractivity contribution in [2.45, 2.75) is 0 Å². The van der Waals surface area contributed by atoms with Crippen LogP contribution in [-0.4, -0.2) is 19.8 Å². The van der Waals surface area contributed by atoms with Gasteiger partial charge in [-0.05, 0) is 18.2 Å². The highest BCUT2D eigenvalue weighted by Crippen LogP contribution is 2.32. The fraction of sp³-hybridized carbons (Fsp3) is 0. The first-order valence-electron chi connectivity index (χ1n) is 7.00. The molecule has 1 saturated heterocycles. The lowest BCUT2D eigenvalue weighted by atomic mass is 10.1.